The molecule has 6 nitrogen and oxygen atoms in total. The van der Waals surface area contributed by atoms with E-state index >= 15 is 0 Å². The average molecular weight is 384 g/mol. The van der Waals surface area contributed by atoms with E-state index < -0.39 is 0 Å². The van der Waals surface area contributed by atoms with Gasteiger partial charge in [-0.15, -0.1) is 0 Å². The monoisotopic (exact) mass is 384 g/mol. The van der Waals surface area contributed by atoms with E-state index in [0.717, 1.165) is 31.7 Å². The summed E-state index contributed by atoms with van der Waals surface area (Å²) >= 11 is 0. The van der Waals surface area contributed by atoms with Crippen LogP contribution in [0.1, 0.15) is 30.1 Å². The fourth-order valence-electron chi connectivity index (χ4n) is 3.11. The number of carbonyl (C=O) groups is 1. The van der Waals surface area contributed by atoms with Crippen molar-refractivity contribution in [1.82, 2.24) is 10.6 Å². The first-order valence-corrected chi connectivity index (χ1v) is 9.85. The van der Waals surface area contributed by atoms with Crippen molar-refractivity contribution >= 4 is 5.91 Å². The highest BCUT2D eigenvalue weighted by Gasteiger charge is 2.18. The van der Waals surface area contributed by atoms with Gasteiger partial charge in [0.2, 0.25) is 0 Å². The lowest BCUT2D eigenvalue weighted by Crippen LogP contribution is -2.45. The molecule has 0 unspecified atom stereocenters. The number of amides is 1. The summed E-state index contributed by atoms with van der Waals surface area (Å²) in [4.78, 5) is 12.5. The number of rotatable bonds is 9. The highest BCUT2D eigenvalue weighted by molar-refractivity contribution is 5.95. The molecule has 2 aromatic carbocycles. The molecule has 0 aliphatic carbocycles. The van der Waals surface area contributed by atoms with Gasteiger partial charge in [-0.2, -0.15) is 0 Å². The standard InChI is InChI=1S/C22H28N2O4/c1-2-26-21-15-17(22(25)24-18-7-6-12-23-16-18)10-11-20(21)28-14-13-27-19-8-4-3-5-9-19/h3-5,8-11,15,18,23H,2,6-7,12-14,16H2,1H3,(H,24,25)/t18-/m0/s1. The van der Waals surface area contributed by atoms with Crippen molar-refractivity contribution in [2.24, 2.45) is 0 Å². The zero-order valence-electron chi connectivity index (χ0n) is 16.3. The number of nitrogens with one attached hydrogen (secondary N) is 2. The lowest BCUT2D eigenvalue weighted by molar-refractivity contribution is 0.0930. The average Bonchev–Trinajstić information content (AvgIpc) is 2.73. The Bertz CT molecular complexity index is 745. The lowest BCUT2D eigenvalue weighted by atomic mass is 10.1. The fraction of sp³-hybridized carbons (Fsp3) is 0.409. The van der Waals surface area contributed by atoms with Crippen LogP contribution in [0.15, 0.2) is 48.5 Å². The number of benzene rings is 2. The van der Waals surface area contributed by atoms with Crippen molar-refractivity contribution in [2.45, 2.75) is 25.8 Å². The first-order valence-electron chi connectivity index (χ1n) is 9.85. The topological polar surface area (TPSA) is 68.8 Å². The molecule has 1 aliphatic rings. The molecule has 150 valence electrons. The molecule has 0 radical (unpaired) electrons. The molecule has 1 fully saturated rings. The maximum absolute atomic E-state index is 12.5. The number of hydrogen-bond acceptors (Lipinski definition) is 5. The summed E-state index contributed by atoms with van der Waals surface area (Å²) in [6, 6.07) is 15.1. The maximum Gasteiger partial charge on any atom is 0.251 e. The molecule has 1 heterocycles. The minimum atomic E-state index is -0.0892. The van der Waals surface area contributed by atoms with Crippen molar-refractivity contribution in [3.05, 3.63) is 54.1 Å². The molecule has 0 spiro atoms. The van der Waals surface area contributed by atoms with Crippen molar-refractivity contribution in [3.63, 3.8) is 0 Å². The second kappa shape index (κ2) is 10.6. The molecule has 1 aliphatic heterocycles. The minimum Gasteiger partial charge on any atom is -0.490 e. The van der Waals surface area contributed by atoms with Crippen LogP contribution < -0.4 is 24.8 Å². The Hall–Kier alpha value is -2.73. The van der Waals surface area contributed by atoms with Gasteiger partial charge in [0.25, 0.3) is 5.91 Å². The molecule has 2 aromatic rings. The molecule has 3 rings (SSSR count). The fourth-order valence-corrected chi connectivity index (χ4v) is 3.11. The van der Waals surface area contributed by atoms with Crippen LogP contribution in [0.2, 0.25) is 0 Å². The number of para-hydroxylation sites is 1. The zero-order valence-corrected chi connectivity index (χ0v) is 16.3. The molecule has 28 heavy (non-hydrogen) atoms. The zero-order chi connectivity index (χ0) is 19.6. The predicted molar refractivity (Wildman–Crippen MR) is 108 cm³/mol. The first-order chi connectivity index (χ1) is 13.8. The largest absolute Gasteiger partial charge is 0.490 e. The summed E-state index contributed by atoms with van der Waals surface area (Å²) in [7, 11) is 0. The summed E-state index contributed by atoms with van der Waals surface area (Å²) in [6.45, 7) is 5.03. The Balaban J connectivity index is 1.56. The molecule has 0 saturated carbocycles. The molecule has 2 N–H and O–H groups in total. The molecule has 6 heteroatoms. The van der Waals surface area contributed by atoms with E-state index in [2.05, 4.69) is 10.6 Å². The van der Waals surface area contributed by atoms with E-state index in [0.29, 0.717) is 36.9 Å². The van der Waals surface area contributed by atoms with Gasteiger partial charge in [0.1, 0.15) is 19.0 Å². The van der Waals surface area contributed by atoms with Crippen LogP contribution in [0.4, 0.5) is 0 Å². The van der Waals surface area contributed by atoms with Gasteiger partial charge in [-0.25, -0.2) is 0 Å². The van der Waals surface area contributed by atoms with Crippen LogP contribution in [0.25, 0.3) is 0 Å². The molecule has 0 aromatic heterocycles. The first kappa shape index (κ1) is 20.0. The number of hydrogen-bond donors (Lipinski definition) is 2. The van der Waals surface area contributed by atoms with Crippen molar-refractivity contribution < 1.29 is 19.0 Å². The van der Waals surface area contributed by atoms with Crippen molar-refractivity contribution in [3.8, 4) is 17.2 Å². The number of carbonyl (C=O) groups excluding carboxylic acids is 1. The quantitative estimate of drug-likeness (QED) is 0.651. The van der Waals surface area contributed by atoms with Gasteiger partial charge in [0, 0.05) is 18.2 Å². The highest BCUT2D eigenvalue weighted by atomic mass is 16.5. The minimum absolute atomic E-state index is 0.0892. The third-order valence-corrected chi connectivity index (χ3v) is 4.49. The van der Waals surface area contributed by atoms with Crippen LogP contribution in [0, 0.1) is 0 Å². The van der Waals surface area contributed by atoms with Crippen LogP contribution in [-0.2, 0) is 0 Å². The van der Waals surface area contributed by atoms with E-state index in [1.807, 2.05) is 37.3 Å². The van der Waals surface area contributed by atoms with Gasteiger partial charge < -0.3 is 24.8 Å². The Labute approximate surface area is 166 Å². The van der Waals surface area contributed by atoms with E-state index in [1.165, 1.54) is 0 Å². The lowest BCUT2D eigenvalue weighted by Gasteiger charge is -2.24. The van der Waals surface area contributed by atoms with Gasteiger partial charge in [-0.05, 0) is 56.6 Å². The van der Waals surface area contributed by atoms with E-state index in [4.69, 9.17) is 14.2 Å². The molecular formula is C22H28N2O4. The van der Waals surface area contributed by atoms with Gasteiger partial charge in [-0.3, -0.25) is 4.79 Å². The van der Waals surface area contributed by atoms with E-state index in [-0.39, 0.29) is 11.9 Å². The molecule has 1 atom stereocenters. The van der Waals surface area contributed by atoms with Crippen LogP contribution in [0.3, 0.4) is 0 Å². The summed E-state index contributed by atoms with van der Waals surface area (Å²) in [5, 5.41) is 6.38. The van der Waals surface area contributed by atoms with Crippen molar-refractivity contribution in [1.29, 1.82) is 0 Å². The SMILES string of the molecule is CCOc1cc(C(=O)N[C@H]2CCCNC2)ccc1OCCOc1ccccc1. The van der Waals surface area contributed by atoms with Gasteiger partial charge in [0.05, 0.1) is 6.61 Å². The highest BCUT2D eigenvalue weighted by Crippen LogP contribution is 2.28. The van der Waals surface area contributed by atoms with Gasteiger partial charge in [0.15, 0.2) is 11.5 Å². The van der Waals surface area contributed by atoms with Crippen LogP contribution in [-0.4, -0.2) is 44.9 Å². The number of piperidine rings is 1. The van der Waals surface area contributed by atoms with Crippen molar-refractivity contribution in [2.75, 3.05) is 32.9 Å². The summed E-state index contributed by atoms with van der Waals surface area (Å²) < 4.78 is 17.1. The molecular weight excluding hydrogens is 356 g/mol. The normalized spacial score (nSPS) is 16.2. The Morgan fingerprint density at radius 2 is 1.89 bits per heavy atom. The van der Waals surface area contributed by atoms with E-state index in [9.17, 15) is 4.79 Å². The Morgan fingerprint density at radius 3 is 2.64 bits per heavy atom. The summed E-state index contributed by atoms with van der Waals surface area (Å²) in [5.74, 6) is 1.89. The van der Waals surface area contributed by atoms with Crippen LogP contribution in [0.5, 0.6) is 17.2 Å². The van der Waals surface area contributed by atoms with E-state index in [1.54, 1.807) is 18.2 Å². The molecule has 0 bridgehead atoms. The Morgan fingerprint density at radius 1 is 1.07 bits per heavy atom. The van der Waals surface area contributed by atoms with Gasteiger partial charge >= 0.3 is 0 Å². The summed E-state index contributed by atoms with van der Waals surface area (Å²) in [6.07, 6.45) is 2.08. The summed E-state index contributed by atoms with van der Waals surface area (Å²) in [5.41, 5.74) is 0.571. The second-order valence-corrected chi connectivity index (χ2v) is 6.62. The third kappa shape index (κ3) is 5.89. The number of ether oxygens (including phenoxy) is 3. The second-order valence-electron chi connectivity index (χ2n) is 6.62. The van der Waals surface area contributed by atoms with Crippen LogP contribution >= 0.6 is 0 Å². The van der Waals surface area contributed by atoms with Gasteiger partial charge in [-0.1, -0.05) is 18.2 Å². The third-order valence-electron chi connectivity index (χ3n) is 4.49. The molecule has 1 amide bonds. The molecule has 1 saturated heterocycles. The smallest absolute Gasteiger partial charge is 0.251 e. The maximum atomic E-state index is 12.5. The Kier molecular flexibility index (Phi) is 7.55. The predicted octanol–water partition coefficient (Wildman–Crippen LogP) is 3.02.